The molecule has 118 valence electrons. The second kappa shape index (κ2) is 4.97. The maximum atomic E-state index is 12.6. The number of hydrogen-bond acceptors (Lipinski definition) is 4. The molecule has 23 heavy (non-hydrogen) atoms. The molecule has 9 heteroatoms. The van der Waals surface area contributed by atoms with Crippen LogP contribution in [0, 0.1) is 0 Å². The van der Waals surface area contributed by atoms with Crippen molar-refractivity contribution in [2.45, 2.75) is 6.18 Å². The van der Waals surface area contributed by atoms with Crippen LogP contribution in [0.15, 0.2) is 36.5 Å². The van der Waals surface area contributed by atoms with Gasteiger partial charge in [0.25, 0.3) is 0 Å². The number of nitrogen functional groups attached to an aromatic ring is 1. The molecule has 0 aliphatic rings. The molecule has 3 N–H and O–H groups in total. The molecule has 0 amide bonds. The summed E-state index contributed by atoms with van der Waals surface area (Å²) < 4.78 is 39.1. The second-order valence-electron chi connectivity index (χ2n) is 4.75. The minimum Gasteiger partial charge on any atom is -0.478 e. The van der Waals surface area contributed by atoms with Gasteiger partial charge in [0, 0.05) is 11.8 Å². The maximum Gasteiger partial charge on any atom is 0.416 e. The van der Waals surface area contributed by atoms with E-state index in [1.807, 2.05) is 0 Å². The average molecular weight is 322 g/mol. The van der Waals surface area contributed by atoms with Crippen LogP contribution < -0.4 is 5.73 Å². The van der Waals surface area contributed by atoms with Gasteiger partial charge in [-0.2, -0.15) is 18.2 Å². The molecule has 2 heterocycles. The zero-order valence-corrected chi connectivity index (χ0v) is 11.4. The zero-order valence-electron chi connectivity index (χ0n) is 11.4. The first kappa shape index (κ1) is 14.8. The Kier molecular flexibility index (Phi) is 3.20. The Morgan fingerprint density at radius 2 is 1.87 bits per heavy atom. The zero-order chi connectivity index (χ0) is 16.8. The summed E-state index contributed by atoms with van der Waals surface area (Å²) in [7, 11) is 0. The molecule has 3 rings (SSSR count). The lowest BCUT2D eigenvalue weighted by Crippen LogP contribution is -2.05. The van der Waals surface area contributed by atoms with Crippen LogP contribution in [0.25, 0.3) is 16.8 Å². The van der Waals surface area contributed by atoms with Crippen molar-refractivity contribution in [3.63, 3.8) is 0 Å². The summed E-state index contributed by atoms with van der Waals surface area (Å²) in [5.41, 5.74) is 5.29. The Labute approximate surface area is 127 Å². The van der Waals surface area contributed by atoms with Gasteiger partial charge < -0.3 is 10.8 Å². The van der Waals surface area contributed by atoms with Crippen molar-refractivity contribution < 1.29 is 23.1 Å². The SMILES string of the molecule is Nc1nc2cc(C(=O)O)c(-c3ccc(C(F)(F)F)cc3)cn2n1. The minimum absolute atomic E-state index is 0.0362. The molecule has 0 atom stereocenters. The average Bonchev–Trinajstić information content (AvgIpc) is 2.84. The summed E-state index contributed by atoms with van der Waals surface area (Å²) in [6.07, 6.45) is -3.09. The normalized spacial score (nSPS) is 11.8. The van der Waals surface area contributed by atoms with Gasteiger partial charge in [0.2, 0.25) is 5.95 Å². The van der Waals surface area contributed by atoms with Gasteiger partial charge in [-0.15, -0.1) is 5.10 Å². The second-order valence-corrected chi connectivity index (χ2v) is 4.75. The predicted molar refractivity (Wildman–Crippen MR) is 74.8 cm³/mol. The Morgan fingerprint density at radius 1 is 1.22 bits per heavy atom. The number of carboxylic acids is 1. The highest BCUT2D eigenvalue weighted by Gasteiger charge is 2.30. The highest BCUT2D eigenvalue weighted by atomic mass is 19.4. The molecule has 0 spiro atoms. The molecule has 1 aromatic carbocycles. The largest absolute Gasteiger partial charge is 0.478 e. The monoisotopic (exact) mass is 322 g/mol. The number of aromatic carboxylic acids is 1. The summed E-state index contributed by atoms with van der Waals surface area (Å²) in [6, 6.07) is 5.45. The fraction of sp³-hybridized carbons (Fsp3) is 0.0714. The summed E-state index contributed by atoms with van der Waals surface area (Å²) in [5, 5.41) is 13.2. The number of pyridine rings is 1. The van der Waals surface area contributed by atoms with E-state index in [4.69, 9.17) is 5.73 Å². The van der Waals surface area contributed by atoms with Gasteiger partial charge in [0.15, 0.2) is 5.65 Å². The summed E-state index contributed by atoms with van der Waals surface area (Å²) in [5.74, 6) is -1.27. The van der Waals surface area contributed by atoms with Crippen molar-refractivity contribution in [2.75, 3.05) is 5.73 Å². The first-order valence-corrected chi connectivity index (χ1v) is 6.32. The van der Waals surface area contributed by atoms with Crippen LogP contribution in [0.3, 0.4) is 0 Å². The van der Waals surface area contributed by atoms with Crippen LogP contribution in [0.4, 0.5) is 19.1 Å². The number of aromatic nitrogens is 3. The highest BCUT2D eigenvalue weighted by molar-refractivity contribution is 5.97. The lowest BCUT2D eigenvalue weighted by atomic mass is 10.0. The first-order chi connectivity index (χ1) is 10.8. The number of nitrogens with two attached hydrogens (primary N) is 1. The van der Waals surface area contributed by atoms with Gasteiger partial charge in [-0.25, -0.2) is 9.31 Å². The van der Waals surface area contributed by atoms with Gasteiger partial charge in [-0.05, 0) is 23.8 Å². The molecule has 0 bridgehead atoms. The lowest BCUT2D eigenvalue weighted by molar-refractivity contribution is -0.137. The molecule has 6 nitrogen and oxygen atoms in total. The van der Waals surface area contributed by atoms with Crippen molar-refractivity contribution in [3.05, 3.63) is 47.7 Å². The van der Waals surface area contributed by atoms with Crippen LogP contribution in [-0.4, -0.2) is 25.7 Å². The van der Waals surface area contributed by atoms with Gasteiger partial charge >= 0.3 is 12.1 Å². The van der Waals surface area contributed by atoms with Crippen molar-refractivity contribution >= 4 is 17.6 Å². The van der Waals surface area contributed by atoms with E-state index in [9.17, 15) is 23.1 Å². The van der Waals surface area contributed by atoms with Crippen molar-refractivity contribution in [1.82, 2.24) is 14.6 Å². The number of carboxylic acid groups (broad SMARTS) is 1. The molecule has 0 saturated carbocycles. The Balaban J connectivity index is 2.17. The number of hydrogen-bond donors (Lipinski definition) is 2. The fourth-order valence-electron chi connectivity index (χ4n) is 2.19. The number of benzene rings is 1. The van der Waals surface area contributed by atoms with Gasteiger partial charge in [0.1, 0.15) is 0 Å². The highest BCUT2D eigenvalue weighted by Crippen LogP contribution is 2.32. The molecular formula is C14H9F3N4O2. The van der Waals surface area contributed by atoms with E-state index in [-0.39, 0.29) is 22.7 Å². The van der Waals surface area contributed by atoms with Gasteiger partial charge in [0.05, 0.1) is 11.1 Å². The Morgan fingerprint density at radius 3 is 2.43 bits per heavy atom. The third-order valence-corrected chi connectivity index (χ3v) is 3.24. The van der Waals surface area contributed by atoms with E-state index < -0.39 is 17.7 Å². The smallest absolute Gasteiger partial charge is 0.416 e. The van der Waals surface area contributed by atoms with Crippen molar-refractivity contribution in [3.8, 4) is 11.1 Å². The Hall–Kier alpha value is -3.10. The van der Waals surface area contributed by atoms with Gasteiger partial charge in [-0.3, -0.25) is 0 Å². The standard InChI is InChI=1S/C14H9F3N4O2/c15-14(16,17)8-3-1-7(2-4-8)10-6-21-11(19-13(18)20-21)5-9(10)12(22)23/h1-6H,(H2,18,20)(H,22,23). The van der Waals surface area contributed by atoms with Crippen molar-refractivity contribution in [1.29, 1.82) is 0 Å². The fourth-order valence-corrected chi connectivity index (χ4v) is 2.19. The molecule has 0 radical (unpaired) electrons. The quantitative estimate of drug-likeness (QED) is 0.756. The van der Waals surface area contributed by atoms with E-state index in [1.54, 1.807) is 0 Å². The molecule has 0 fully saturated rings. The maximum absolute atomic E-state index is 12.6. The number of anilines is 1. The lowest BCUT2D eigenvalue weighted by Gasteiger charge is -2.10. The van der Waals surface area contributed by atoms with E-state index in [2.05, 4.69) is 10.1 Å². The van der Waals surface area contributed by atoms with E-state index >= 15 is 0 Å². The number of fused-ring (bicyclic) bond motifs is 1. The summed E-state index contributed by atoms with van der Waals surface area (Å²) >= 11 is 0. The molecular weight excluding hydrogens is 313 g/mol. The molecule has 0 aliphatic heterocycles. The number of nitrogens with zero attached hydrogens (tertiary/aromatic N) is 3. The topological polar surface area (TPSA) is 93.5 Å². The third kappa shape index (κ3) is 2.68. The third-order valence-electron chi connectivity index (χ3n) is 3.24. The van der Waals surface area contributed by atoms with Crippen LogP contribution in [0.5, 0.6) is 0 Å². The minimum atomic E-state index is -4.46. The molecule has 0 aliphatic carbocycles. The summed E-state index contributed by atoms with van der Waals surface area (Å²) in [4.78, 5) is 15.3. The number of rotatable bonds is 2. The van der Waals surface area contributed by atoms with E-state index in [1.165, 1.54) is 28.9 Å². The van der Waals surface area contributed by atoms with Gasteiger partial charge in [-0.1, -0.05) is 12.1 Å². The van der Waals surface area contributed by atoms with Crippen LogP contribution in [0.2, 0.25) is 0 Å². The van der Waals surface area contributed by atoms with E-state index in [0.717, 1.165) is 12.1 Å². The number of halogens is 3. The molecule has 0 saturated heterocycles. The molecule has 3 aromatic rings. The first-order valence-electron chi connectivity index (χ1n) is 6.32. The summed E-state index contributed by atoms with van der Waals surface area (Å²) in [6.45, 7) is 0. The number of alkyl halides is 3. The van der Waals surface area contributed by atoms with Crippen molar-refractivity contribution in [2.24, 2.45) is 0 Å². The molecule has 2 aromatic heterocycles. The number of carbonyl (C=O) groups is 1. The van der Waals surface area contributed by atoms with Crippen LogP contribution in [0.1, 0.15) is 15.9 Å². The predicted octanol–water partition coefficient (Wildman–Crippen LogP) is 2.70. The Bertz CT molecular complexity index is 901. The van der Waals surface area contributed by atoms with Crippen LogP contribution >= 0.6 is 0 Å². The van der Waals surface area contributed by atoms with Crippen LogP contribution in [-0.2, 0) is 6.18 Å². The van der Waals surface area contributed by atoms with E-state index in [0.29, 0.717) is 5.56 Å². The molecule has 0 unspecified atom stereocenters.